The molecule has 4 nitrogen and oxygen atoms in total. The minimum atomic E-state index is -0.418. The van der Waals surface area contributed by atoms with Gasteiger partial charge in [0, 0.05) is 32.9 Å². The van der Waals surface area contributed by atoms with Crippen LogP contribution in [0.1, 0.15) is 27.7 Å². The van der Waals surface area contributed by atoms with E-state index in [9.17, 15) is 0 Å². The molecule has 1 aliphatic rings. The highest BCUT2D eigenvalue weighted by Gasteiger charge is 2.51. The van der Waals surface area contributed by atoms with Gasteiger partial charge in [-0.3, -0.25) is 0 Å². The number of rotatable bonds is 3. The Bertz CT molecular complexity index is 2090. The third-order valence-electron chi connectivity index (χ3n) is 9.14. The maximum Gasteiger partial charge on any atom is 0.494 e. The van der Waals surface area contributed by atoms with Gasteiger partial charge in [-0.05, 0) is 69.6 Å². The number of hydrogen-bond acceptors (Lipinski definition) is 2. The normalized spacial score (nSPS) is 16.4. The van der Waals surface area contributed by atoms with Crippen LogP contribution in [0.4, 0.5) is 0 Å². The Labute approximate surface area is 239 Å². The predicted octanol–water partition coefficient (Wildman–Crippen LogP) is 8.18. The molecule has 5 aromatic carbocycles. The standard InChI is InChI=1S/C36H31BN2O2/c1-35(2)36(3,4)41-37(40-35)24-19-22-32-30(23-24)29-21-20-28-27-17-11-12-18-31(27)38(25-13-7-5-8-14-25)33(28)34(29)39(32)26-15-9-6-10-16-26/h5-23H,1-4H3. The molecule has 0 saturated carbocycles. The molecule has 0 aliphatic carbocycles. The fourth-order valence-corrected chi connectivity index (χ4v) is 6.38. The zero-order valence-corrected chi connectivity index (χ0v) is 23.8. The maximum absolute atomic E-state index is 6.46. The monoisotopic (exact) mass is 534 g/mol. The van der Waals surface area contributed by atoms with Crippen molar-refractivity contribution in [2.24, 2.45) is 0 Å². The van der Waals surface area contributed by atoms with Gasteiger partial charge < -0.3 is 18.4 Å². The van der Waals surface area contributed by atoms with Gasteiger partial charge in [-0.15, -0.1) is 0 Å². The van der Waals surface area contributed by atoms with Gasteiger partial charge in [-0.2, -0.15) is 0 Å². The number of nitrogens with zero attached hydrogens (tertiary/aromatic N) is 2. The van der Waals surface area contributed by atoms with Gasteiger partial charge in [0.05, 0.1) is 33.3 Å². The molecular weight excluding hydrogens is 503 g/mol. The number of benzene rings is 5. The van der Waals surface area contributed by atoms with Gasteiger partial charge in [0.1, 0.15) is 0 Å². The van der Waals surface area contributed by atoms with Gasteiger partial charge in [0.25, 0.3) is 0 Å². The fourth-order valence-electron chi connectivity index (χ4n) is 6.38. The lowest BCUT2D eigenvalue weighted by Crippen LogP contribution is -2.41. The van der Waals surface area contributed by atoms with Gasteiger partial charge in [0.2, 0.25) is 0 Å². The Balaban J connectivity index is 1.51. The van der Waals surface area contributed by atoms with Crippen LogP contribution in [0.2, 0.25) is 0 Å². The first kappa shape index (κ1) is 24.5. The number of para-hydroxylation sites is 3. The van der Waals surface area contributed by atoms with Crippen molar-refractivity contribution in [3.8, 4) is 11.4 Å². The lowest BCUT2D eigenvalue weighted by atomic mass is 9.78. The molecule has 41 heavy (non-hydrogen) atoms. The number of hydrogen-bond donors (Lipinski definition) is 0. The van der Waals surface area contributed by atoms with E-state index >= 15 is 0 Å². The summed E-state index contributed by atoms with van der Waals surface area (Å²) in [4.78, 5) is 0. The van der Waals surface area contributed by atoms with Crippen LogP contribution in [0.15, 0.2) is 115 Å². The van der Waals surface area contributed by atoms with Crippen molar-refractivity contribution in [2.45, 2.75) is 38.9 Å². The molecule has 5 heteroatoms. The Morgan fingerprint density at radius 1 is 0.488 bits per heavy atom. The summed E-state index contributed by atoms with van der Waals surface area (Å²) < 4.78 is 17.7. The third kappa shape index (κ3) is 3.49. The Morgan fingerprint density at radius 2 is 0.976 bits per heavy atom. The summed E-state index contributed by atoms with van der Waals surface area (Å²) in [5.41, 5.74) is 7.27. The van der Waals surface area contributed by atoms with Gasteiger partial charge >= 0.3 is 7.12 Å². The first-order chi connectivity index (χ1) is 19.8. The molecular formula is C36H31BN2O2. The summed E-state index contributed by atoms with van der Waals surface area (Å²) in [5, 5.41) is 4.87. The van der Waals surface area contributed by atoms with Crippen molar-refractivity contribution in [3.05, 3.63) is 115 Å². The molecule has 1 saturated heterocycles. The van der Waals surface area contributed by atoms with E-state index in [0.717, 1.165) is 22.4 Å². The second-order valence-electron chi connectivity index (χ2n) is 12.1. The largest absolute Gasteiger partial charge is 0.494 e. The number of aromatic nitrogens is 2. The minimum Gasteiger partial charge on any atom is -0.399 e. The minimum absolute atomic E-state index is 0.395. The zero-order chi connectivity index (χ0) is 27.9. The molecule has 1 fully saturated rings. The molecule has 0 radical (unpaired) electrons. The van der Waals surface area contributed by atoms with Crippen LogP contribution >= 0.6 is 0 Å². The highest BCUT2D eigenvalue weighted by Crippen LogP contribution is 2.42. The fraction of sp³-hybridized carbons (Fsp3) is 0.167. The molecule has 8 rings (SSSR count). The summed E-state index contributed by atoms with van der Waals surface area (Å²) in [6.07, 6.45) is 0. The molecule has 0 bridgehead atoms. The lowest BCUT2D eigenvalue weighted by molar-refractivity contribution is 0.00578. The summed E-state index contributed by atoms with van der Waals surface area (Å²) >= 11 is 0. The molecule has 0 N–H and O–H groups in total. The summed E-state index contributed by atoms with van der Waals surface area (Å²) in [6.45, 7) is 8.41. The van der Waals surface area contributed by atoms with Gasteiger partial charge in [-0.25, -0.2) is 0 Å². The van der Waals surface area contributed by atoms with Crippen LogP contribution in [0.3, 0.4) is 0 Å². The van der Waals surface area contributed by atoms with Crippen molar-refractivity contribution < 1.29 is 9.31 Å². The molecule has 0 amide bonds. The smallest absolute Gasteiger partial charge is 0.399 e. The van der Waals surface area contributed by atoms with E-state index in [2.05, 4.69) is 152 Å². The average Bonchev–Trinajstić information content (AvgIpc) is 3.57. The third-order valence-corrected chi connectivity index (χ3v) is 9.14. The lowest BCUT2D eigenvalue weighted by Gasteiger charge is -2.32. The van der Waals surface area contributed by atoms with Crippen LogP contribution < -0.4 is 5.46 Å². The summed E-state index contributed by atoms with van der Waals surface area (Å²) in [5.74, 6) is 0. The van der Waals surface area contributed by atoms with Crippen LogP contribution in [0.25, 0.3) is 55.0 Å². The Morgan fingerprint density at radius 3 is 1.56 bits per heavy atom. The molecule has 0 atom stereocenters. The van der Waals surface area contributed by atoms with Crippen LogP contribution in [0.5, 0.6) is 0 Å². The SMILES string of the molecule is CC1(C)OB(c2ccc3c(c2)c2ccc4c5ccccc5n(-c5ccccc5)c4c2n3-c2ccccc2)OC1(C)C. The highest BCUT2D eigenvalue weighted by molar-refractivity contribution is 6.62. The van der Waals surface area contributed by atoms with Crippen molar-refractivity contribution in [2.75, 3.05) is 0 Å². The second kappa shape index (κ2) is 8.59. The maximum atomic E-state index is 6.46. The topological polar surface area (TPSA) is 28.3 Å². The predicted molar refractivity (Wildman–Crippen MR) is 171 cm³/mol. The van der Waals surface area contributed by atoms with Gasteiger partial charge in [0.15, 0.2) is 0 Å². The van der Waals surface area contributed by atoms with E-state index in [0.29, 0.717) is 0 Å². The Kier molecular flexibility index (Phi) is 5.13. The summed E-state index contributed by atoms with van der Waals surface area (Å²) in [7, 11) is -0.418. The molecule has 1 aliphatic heterocycles. The molecule has 0 spiro atoms. The van der Waals surface area contributed by atoms with E-state index in [1.807, 2.05) is 0 Å². The van der Waals surface area contributed by atoms with E-state index in [4.69, 9.17) is 9.31 Å². The highest BCUT2D eigenvalue weighted by atomic mass is 16.7. The van der Waals surface area contributed by atoms with Crippen molar-refractivity contribution in [1.82, 2.24) is 9.13 Å². The van der Waals surface area contributed by atoms with E-state index < -0.39 is 18.3 Å². The van der Waals surface area contributed by atoms with Crippen LogP contribution in [-0.2, 0) is 9.31 Å². The number of fused-ring (bicyclic) bond motifs is 7. The van der Waals surface area contributed by atoms with Crippen molar-refractivity contribution in [3.63, 3.8) is 0 Å². The molecule has 2 aromatic heterocycles. The van der Waals surface area contributed by atoms with Crippen LogP contribution in [-0.4, -0.2) is 27.5 Å². The summed E-state index contributed by atoms with van der Waals surface area (Å²) in [6, 6.07) is 41.3. The van der Waals surface area contributed by atoms with Crippen molar-refractivity contribution >= 4 is 56.2 Å². The first-order valence-corrected chi connectivity index (χ1v) is 14.3. The van der Waals surface area contributed by atoms with Gasteiger partial charge in [-0.1, -0.05) is 78.9 Å². The quantitative estimate of drug-likeness (QED) is 0.214. The van der Waals surface area contributed by atoms with E-state index in [-0.39, 0.29) is 0 Å². The molecule has 7 aromatic rings. The Hall–Kier alpha value is -4.32. The van der Waals surface area contributed by atoms with Crippen LogP contribution in [0, 0.1) is 0 Å². The zero-order valence-electron chi connectivity index (χ0n) is 23.8. The second-order valence-corrected chi connectivity index (χ2v) is 12.1. The molecule has 200 valence electrons. The molecule has 0 unspecified atom stereocenters. The van der Waals surface area contributed by atoms with E-state index in [1.165, 1.54) is 38.1 Å². The van der Waals surface area contributed by atoms with Crippen molar-refractivity contribution in [1.29, 1.82) is 0 Å². The first-order valence-electron chi connectivity index (χ1n) is 14.3. The van der Waals surface area contributed by atoms with E-state index in [1.54, 1.807) is 0 Å². The molecule has 3 heterocycles. The average molecular weight is 534 g/mol.